The third kappa shape index (κ3) is 4.07. The molecule has 1 aliphatic rings. The van der Waals surface area contributed by atoms with Gasteiger partial charge in [-0.1, -0.05) is 59.1 Å². The van der Waals surface area contributed by atoms with Crippen molar-refractivity contribution >= 4 is 40.7 Å². The highest BCUT2D eigenvalue weighted by Crippen LogP contribution is 2.41. The summed E-state index contributed by atoms with van der Waals surface area (Å²) in [5, 5.41) is 11.6. The van der Waals surface area contributed by atoms with Crippen LogP contribution in [-0.2, 0) is 16.1 Å². The van der Waals surface area contributed by atoms with Gasteiger partial charge in [-0.25, -0.2) is 0 Å². The molecule has 0 saturated carbocycles. The molecular formula is C24H18Cl2N2O3. The molecule has 4 rings (SSSR count). The molecule has 0 radical (unpaired) electrons. The number of amides is 1. The molecule has 0 aliphatic carbocycles. The summed E-state index contributed by atoms with van der Waals surface area (Å²) in [4.78, 5) is 31.6. The van der Waals surface area contributed by atoms with Crippen LogP contribution in [-0.4, -0.2) is 26.7 Å². The summed E-state index contributed by atoms with van der Waals surface area (Å²) in [6.07, 6.45) is 3.28. The van der Waals surface area contributed by atoms with E-state index >= 15 is 0 Å². The highest BCUT2D eigenvalue weighted by molar-refractivity contribution is 6.46. The number of aliphatic hydroxyl groups excluding tert-OH is 1. The maximum Gasteiger partial charge on any atom is 0.295 e. The summed E-state index contributed by atoms with van der Waals surface area (Å²) in [5.41, 5.74) is 2.80. The van der Waals surface area contributed by atoms with Crippen LogP contribution in [0.3, 0.4) is 0 Å². The Balaban J connectivity index is 1.88. The van der Waals surface area contributed by atoms with Gasteiger partial charge in [-0.05, 0) is 42.3 Å². The lowest BCUT2D eigenvalue weighted by atomic mass is 9.94. The first-order valence-corrected chi connectivity index (χ1v) is 10.3. The Labute approximate surface area is 189 Å². The summed E-state index contributed by atoms with van der Waals surface area (Å²) in [6, 6.07) is 14.9. The number of aliphatic hydroxyl groups is 1. The third-order valence-electron chi connectivity index (χ3n) is 5.17. The number of Topliss-reactive ketones (excluding diaryl/α,β-unsaturated/α-hetero) is 1. The lowest BCUT2D eigenvalue weighted by Crippen LogP contribution is -2.29. The molecule has 1 aliphatic heterocycles. The lowest BCUT2D eigenvalue weighted by molar-refractivity contribution is -0.140. The molecule has 1 aromatic heterocycles. The molecule has 31 heavy (non-hydrogen) atoms. The van der Waals surface area contributed by atoms with Crippen molar-refractivity contribution in [1.29, 1.82) is 0 Å². The smallest absolute Gasteiger partial charge is 0.295 e. The van der Waals surface area contributed by atoms with Crippen molar-refractivity contribution in [3.05, 3.63) is 105 Å². The molecule has 1 N–H and O–H groups in total. The number of hydrogen-bond donors (Lipinski definition) is 1. The fourth-order valence-electron chi connectivity index (χ4n) is 3.72. The average Bonchev–Trinajstić information content (AvgIpc) is 3.01. The number of carbonyl (C=O) groups is 2. The van der Waals surface area contributed by atoms with Gasteiger partial charge < -0.3 is 10.0 Å². The first-order chi connectivity index (χ1) is 14.9. The molecule has 0 spiro atoms. The fourth-order valence-corrected chi connectivity index (χ4v) is 4.02. The van der Waals surface area contributed by atoms with Crippen molar-refractivity contribution in [2.45, 2.75) is 19.5 Å². The molecule has 1 unspecified atom stereocenters. The topological polar surface area (TPSA) is 70.5 Å². The van der Waals surface area contributed by atoms with Crippen LogP contribution in [0.15, 0.2) is 72.6 Å². The Bertz CT molecular complexity index is 1210. The lowest BCUT2D eigenvalue weighted by Gasteiger charge is -2.25. The van der Waals surface area contributed by atoms with E-state index in [0.29, 0.717) is 10.6 Å². The van der Waals surface area contributed by atoms with Gasteiger partial charge in [0.05, 0.1) is 21.7 Å². The van der Waals surface area contributed by atoms with Crippen molar-refractivity contribution in [3.8, 4) is 0 Å². The van der Waals surface area contributed by atoms with Crippen LogP contribution in [0.5, 0.6) is 0 Å². The minimum absolute atomic E-state index is 0.0119. The number of likely N-dealkylation sites (tertiary alicyclic amines) is 1. The van der Waals surface area contributed by atoms with Crippen LogP contribution < -0.4 is 0 Å². The zero-order valence-corrected chi connectivity index (χ0v) is 18.1. The maximum atomic E-state index is 13.1. The SMILES string of the molecule is Cc1cccc(C2/C(=C(/O)c3ccc(Cl)c(Cl)c3)C(=O)C(=O)N2Cc2cccnc2)c1. The zero-order chi connectivity index (χ0) is 22.1. The molecule has 0 bridgehead atoms. The maximum absolute atomic E-state index is 13.1. The Morgan fingerprint density at radius 1 is 1.06 bits per heavy atom. The molecule has 1 atom stereocenters. The minimum Gasteiger partial charge on any atom is -0.507 e. The highest BCUT2D eigenvalue weighted by atomic mass is 35.5. The summed E-state index contributed by atoms with van der Waals surface area (Å²) in [7, 11) is 0. The van der Waals surface area contributed by atoms with Gasteiger partial charge in [0.25, 0.3) is 11.7 Å². The fraction of sp³-hybridized carbons (Fsp3) is 0.125. The van der Waals surface area contributed by atoms with Gasteiger partial charge >= 0.3 is 0 Å². The van der Waals surface area contributed by atoms with Gasteiger partial charge in [0.15, 0.2) is 0 Å². The molecule has 3 aromatic rings. The average molecular weight is 453 g/mol. The Kier molecular flexibility index (Phi) is 5.81. The van der Waals surface area contributed by atoms with Gasteiger partial charge in [-0.15, -0.1) is 0 Å². The van der Waals surface area contributed by atoms with E-state index in [1.807, 2.05) is 37.3 Å². The van der Waals surface area contributed by atoms with Crippen molar-refractivity contribution < 1.29 is 14.7 Å². The number of halogens is 2. The number of aromatic nitrogens is 1. The quantitative estimate of drug-likeness (QED) is 0.330. The van der Waals surface area contributed by atoms with Crippen LogP contribution in [0, 0.1) is 6.92 Å². The van der Waals surface area contributed by atoms with Gasteiger partial charge in [0.2, 0.25) is 0 Å². The first-order valence-electron chi connectivity index (χ1n) is 9.56. The van der Waals surface area contributed by atoms with E-state index in [2.05, 4.69) is 4.98 Å². The van der Waals surface area contributed by atoms with Crippen LogP contribution >= 0.6 is 23.2 Å². The van der Waals surface area contributed by atoms with Crippen molar-refractivity contribution in [3.63, 3.8) is 0 Å². The van der Waals surface area contributed by atoms with Crippen LogP contribution in [0.2, 0.25) is 10.0 Å². The van der Waals surface area contributed by atoms with E-state index in [1.54, 1.807) is 24.5 Å². The predicted molar refractivity (Wildman–Crippen MR) is 120 cm³/mol. The zero-order valence-electron chi connectivity index (χ0n) is 16.5. The van der Waals surface area contributed by atoms with Gasteiger partial charge in [0, 0.05) is 24.5 Å². The molecule has 2 aromatic carbocycles. The van der Waals surface area contributed by atoms with E-state index in [9.17, 15) is 14.7 Å². The number of carbonyl (C=O) groups excluding carboxylic acids is 2. The largest absolute Gasteiger partial charge is 0.507 e. The van der Waals surface area contributed by atoms with Gasteiger partial charge in [-0.3, -0.25) is 14.6 Å². The van der Waals surface area contributed by atoms with Crippen LogP contribution in [0.4, 0.5) is 0 Å². The van der Waals surface area contributed by atoms with Crippen LogP contribution in [0.25, 0.3) is 5.76 Å². The summed E-state index contributed by atoms with van der Waals surface area (Å²) >= 11 is 12.1. The van der Waals surface area contributed by atoms with Gasteiger partial charge in [-0.2, -0.15) is 0 Å². The third-order valence-corrected chi connectivity index (χ3v) is 5.91. The van der Waals surface area contributed by atoms with Gasteiger partial charge in [0.1, 0.15) is 5.76 Å². The second-order valence-corrected chi connectivity index (χ2v) is 8.15. The highest BCUT2D eigenvalue weighted by Gasteiger charge is 2.46. The van der Waals surface area contributed by atoms with Crippen molar-refractivity contribution in [2.75, 3.05) is 0 Å². The number of benzene rings is 2. The standard InChI is InChI=1S/C24H18Cl2N2O3/c1-14-4-2-6-16(10-14)21-20(22(29)17-7-8-18(25)19(26)11-17)23(30)24(31)28(21)13-15-5-3-9-27-12-15/h2-12,21,29H,13H2,1H3/b22-20-. The molecular weight excluding hydrogens is 435 g/mol. The minimum atomic E-state index is -0.755. The normalized spacial score (nSPS) is 17.9. The molecule has 7 heteroatoms. The molecule has 156 valence electrons. The molecule has 1 saturated heterocycles. The summed E-state index contributed by atoms with van der Waals surface area (Å²) < 4.78 is 0. The molecule has 5 nitrogen and oxygen atoms in total. The molecule has 2 heterocycles. The van der Waals surface area contributed by atoms with E-state index in [-0.39, 0.29) is 22.9 Å². The number of nitrogens with zero attached hydrogens (tertiary/aromatic N) is 2. The first kappa shape index (κ1) is 21.1. The second-order valence-electron chi connectivity index (χ2n) is 7.33. The predicted octanol–water partition coefficient (Wildman–Crippen LogP) is 5.32. The van der Waals surface area contributed by atoms with E-state index in [1.165, 1.54) is 17.0 Å². The van der Waals surface area contributed by atoms with Crippen molar-refractivity contribution in [1.82, 2.24) is 9.88 Å². The number of rotatable bonds is 4. The number of hydrogen-bond acceptors (Lipinski definition) is 4. The molecule has 1 fully saturated rings. The molecule has 1 amide bonds. The summed E-state index contributed by atoms with van der Waals surface area (Å²) in [6.45, 7) is 2.10. The van der Waals surface area contributed by atoms with Crippen LogP contribution in [0.1, 0.15) is 28.3 Å². The number of pyridine rings is 1. The Hall–Kier alpha value is -3.15. The van der Waals surface area contributed by atoms with E-state index in [4.69, 9.17) is 23.2 Å². The monoisotopic (exact) mass is 452 g/mol. The summed E-state index contributed by atoms with van der Waals surface area (Å²) in [5.74, 6) is -1.73. The number of aryl methyl sites for hydroxylation is 1. The van der Waals surface area contributed by atoms with E-state index < -0.39 is 17.7 Å². The number of ketones is 1. The van der Waals surface area contributed by atoms with Crippen molar-refractivity contribution in [2.24, 2.45) is 0 Å². The van der Waals surface area contributed by atoms with E-state index in [0.717, 1.165) is 16.7 Å². The Morgan fingerprint density at radius 2 is 1.87 bits per heavy atom. The Morgan fingerprint density at radius 3 is 2.55 bits per heavy atom. The second kappa shape index (κ2) is 8.53.